The second-order valence-corrected chi connectivity index (χ2v) is 9.10. The maximum Gasteiger partial charge on any atom is 0.135 e. The fourth-order valence-electron chi connectivity index (χ4n) is 4.85. The van der Waals surface area contributed by atoms with Crippen molar-refractivity contribution in [3.05, 3.63) is 126 Å². The van der Waals surface area contributed by atoms with Gasteiger partial charge in [-0.25, -0.2) is 0 Å². The first kappa shape index (κ1) is 17.4. The second-order valence-electron chi connectivity index (χ2n) is 9.10. The van der Waals surface area contributed by atoms with Gasteiger partial charge in [0.1, 0.15) is 11.2 Å². The summed E-state index contributed by atoms with van der Waals surface area (Å²) in [7, 11) is 0. The van der Waals surface area contributed by atoms with Gasteiger partial charge in [-0.05, 0) is 49.2 Å². The van der Waals surface area contributed by atoms with E-state index in [4.69, 9.17) is 21.7 Å². The Bertz CT molecular complexity index is 2370. The van der Waals surface area contributed by atoms with E-state index in [9.17, 15) is 0 Å². The molecule has 4 aromatic carbocycles. The smallest absolute Gasteiger partial charge is 0.135 e. The molecule has 0 spiro atoms. The van der Waals surface area contributed by atoms with Crippen molar-refractivity contribution in [3.63, 3.8) is 0 Å². The molecular weight excluding hydrogens is 671 g/mol. The van der Waals surface area contributed by atoms with Crippen molar-refractivity contribution in [1.82, 2.24) is 14.4 Å². The standard InChI is InChI=1S/C21H11N2O.C14H14N.Ir/c1-2-8-14-13(7-1)20-19(15-9-3-6-12-18(15)24-20)23-17-11-5-4-10-16(17)22-21(14)23;1-10-4-6-13(7-5-10)14-8-11(2)12(3)9-15-14;/h1-7,9-12H;4-6,8-9H,1-3H3;/q2*-1;/i;1D3,2D3,3D3;. The van der Waals surface area contributed by atoms with E-state index >= 15 is 0 Å². The first-order valence-corrected chi connectivity index (χ1v) is 12.3. The van der Waals surface area contributed by atoms with Crippen molar-refractivity contribution in [3.8, 4) is 11.3 Å². The van der Waals surface area contributed by atoms with Crippen molar-refractivity contribution in [2.75, 3.05) is 0 Å². The van der Waals surface area contributed by atoms with Crippen molar-refractivity contribution >= 4 is 49.5 Å². The van der Waals surface area contributed by atoms with Crippen LogP contribution in [0.5, 0.6) is 0 Å². The van der Waals surface area contributed by atoms with Gasteiger partial charge in [0.15, 0.2) is 0 Å². The zero-order valence-corrected chi connectivity index (χ0v) is 23.2. The predicted molar refractivity (Wildman–Crippen MR) is 159 cm³/mol. The van der Waals surface area contributed by atoms with Crippen LogP contribution in [0.3, 0.4) is 0 Å². The molecule has 0 saturated carbocycles. The van der Waals surface area contributed by atoms with E-state index in [1.807, 2.05) is 48.5 Å². The Morgan fingerprint density at radius 1 is 0.850 bits per heavy atom. The Kier molecular flexibility index (Phi) is 4.50. The number of para-hydroxylation sites is 3. The Balaban J connectivity index is 0.000000167. The van der Waals surface area contributed by atoms with E-state index in [0.717, 1.165) is 55.7 Å². The second kappa shape index (κ2) is 10.3. The summed E-state index contributed by atoms with van der Waals surface area (Å²) in [6.07, 6.45) is 1.02. The molecule has 5 heteroatoms. The van der Waals surface area contributed by atoms with Crippen LogP contribution < -0.4 is 0 Å². The molecule has 4 aromatic heterocycles. The van der Waals surface area contributed by atoms with Crippen LogP contribution in [0.15, 0.2) is 102 Å². The molecule has 0 fully saturated rings. The molecule has 0 amide bonds. The number of pyridine rings is 2. The fourth-order valence-corrected chi connectivity index (χ4v) is 4.85. The van der Waals surface area contributed by atoms with Crippen molar-refractivity contribution in [2.24, 2.45) is 0 Å². The molecule has 4 heterocycles. The number of nitrogens with zero attached hydrogens (tertiary/aromatic N) is 3. The summed E-state index contributed by atoms with van der Waals surface area (Å²) < 4.78 is 75.3. The summed E-state index contributed by atoms with van der Waals surface area (Å²) in [4.78, 5) is 8.87. The molecule has 8 rings (SSSR count). The molecule has 0 aliphatic rings. The van der Waals surface area contributed by atoms with Crippen LogP contribution >= 0.6 is 0 Å². The third kappa shape index (κ3) is 4.28. The fraction of sp³-hybridized carbons (Fsp3) is 0.0857. The number of rotatable bonds is 1. The van der Waals surface area contributed by atoms with E-state index < -0.39 is 20.6 Å². The number of furan rings is 1. The third-order valence-corrected chi connectivity index (χ3v) is 6.67. The zero-order chi connectivity index (χ0) is 34.0. The van der Waals surface area contributed by atoms with Crippen LogP contribution in [0.2, 0.25) is 0 Å². The third-order valence-electron chi connectivity index (χ3n) is 6.67. The normalized spacial score (nSPS) is 15.4. The van der Waals surface area contributed by atoms with Crippen LogP contribution in [0, 0.1) is 32.7 Å². The Hall–Kier alpha value is -4.31. The molecule has 4 nitrogen and oxygen atoms in total. The molecule has 197 valence electrons. The van der Waals surface area contributed by atoms with Gasteiger partial charge in [0.2, 0.25) is 0 Å². The molecule has 1 radical (unpaired) electrons. The van der Waals surface area contributed by atoms with Crippen LogP contribution in [-0.4, -0.2) is 14.4 Å². The van der Waals surface area contributed by atoms with Crippen LogP contribution in [0.4, 0.5) is 0 Å². The molecule has 8 aromatic rings. The van der Waals surface area contributed by atoms with Gasteiger partial charge in [-0.15, -0.1) is 59.7 Å². The van der Waals surface area contributed by atoms with E-state index in [1.165, 1.54) is 24.3 Å². The van der Waals surface area contributed by atoms with Gasteiger partial charge in [-0.2, -0.15) is 0 Å². The predicted octanol–water partition coefficient (Wildman–Crippen LogP) is 8.81. The average molecular weight is 705 g/mol. The molecular formula is C35H25IrN3O-2. The number of aryl methyl sites for hydroxylation is 3. The van der Waals surface area contributed by atoms with E-state index in [-0.39, 0.29) is 42.5 Å². The minimum absolute atomic E-state index is 0. The van der Waals surface area contributed by atoms with Gasteiger partial charge in [0.05, 0.1) is 22.2 Å². The molecule has 40 heavy (non-hydrogen) atoms. The summed E-state index contributed by atoms with van der Waals surface area (Å²) in [6.45, 7) is -7.47. The van der Waals surface area contributed by atoms with Gasteiger partial charge in [-0.1, -0.05) is 53.5 Å². The quantitative estimate of drug-likeness (QED) is 0.161. The molecule has 0 atom stereocenters. The van der Waals surface area contributed by atoms with Gasteiger partial charge in [0.25, 0.3) is 0 Å². The summed E-state index contributed by atoms with van der Waals surface area (Å²) in [6, 6.07) is 33.8. The van der Waals surface area contributed by atoms with Crippen LogP contribution in [0.1, 0.15) is 29.0 Å². The van der Waals surface area contributed by atoms with Crippen molar-refractivity contribution < 1.29 is 36.9 Å². The van der Waals surface area contributed by atoms with Gasteiger partial charge >= 0.3 is 0 Å². The average Bonchev–Trinajstić information content (AvgIpc) is 3.63. The molecule has 0 aliphatic carbocycles. The van der Waals surface area contributed by atoms with Gasteiger partial charge in [0, 0.05) is 44.0 Å². The number of hydrogen-bond acceptors (Lipinski definition) is 3. The van der Waals surface area contributed by atoms with E-state index in [0.29, 0.717) is 5.56 Å². The maximum absolute atomic E-state index is 7.54. The molecule has 0 aliphatic heterocycles. The SMILES string of the molecule is [2H]C([2H])([2H])c1c[c-]c(-c2cc(C([2H])([2H])[2H])c(C([2H])([2H])[2H])cn2)cc1.[Ir].[c-]1cccc2c1c1nc3ccccc3n1c1c3ccccc3oc21. The summed E-state index contributed by atoms with van der Waals surface area (Å²) in [5.41, 5.74) is 5.90. The van der Waals surface area contributed by atoms with Crippen LogP contribution in [0.25, 0.3) is 60.8 Å². The van der Waals surface area contributed by atoms with Crippen molar-refractivity contribution in [2.45, 2.75) is 20.6 Å². The number of benzene rings is 4. The molecule has 0 N–H and O–H groups in total. The summed E-state index contributed by atoms with van der Waals surface area (Å²) >= 11 is 0. The topological polar surface area (TPSA) is 43.3 Å². The Morgan fingerprint density at radius 2 is 1.70 bits per heavy atom. The van der Waals surface area contributed by atoms with Gasteiger partial charge in [-0.3, -0.25) is 4.98 Å². The molecule has 0 unspecified atom stereocenters. The minimum Gasteiger partial charge on any atom is -0.464 e. The van der Waals surface area contributed by atoms with E-state index in [2.05, 4.69) is 39.7 Å². The minimum atomic E-state index is -2.61. The number of aromatic nitrogens is 3. The monoisotopic (exact) mass is 705 g/mol. The maximum atomic E-state index is 7.54. The van der Waals surface area contributed by atoms with E-state index in [1.54, 1.807) is 0 Å². The van der Waals surface area contributed by atoms with Gasteiger partial charge < -0.3 is 13.8 Å². The number of hydrogen-bond donors (Lipinski definition) is 0. The Labute approximate surface area is 258 Å². The first-order chi connectivity index (χ1) is 22.7. The zero-order valence-electron chi connectivity index (χ0n) is 29.8. The Morgan fingerprint density at radius 3 is 2.55 bits per heavy atom. The molecule has 0 saturated heterocycles. The first-order valence-electron chi connectivity index (χ1n) is 16.8. The number of imidazole rings is 1. The summed E-state index contributed by atoms with van der Waals surface area (Å²) in [5.74, 6) is 0. The summed E-state index contributed by atoms with van der Waals surface area (Å²) in [5, 5.41) is 3.14. The molecule has 0 bridgehead atoms. The van der Waals surface area contributed by atoms with Crippen LogP contribution in [-0.2, 0) is 20.1 Å². The van der Waals surface area contributed by atoms with Crippen molar-refractivity contribution in [1.29, 1.82) is 0 Å². The number of fused-ring (bicyclic) bond motifs is 10. The largest absolute Gasteiger partial charge is 0.464 e.